The van der Waals surface area contributed by atoms with Crippen LogP contribution in [0.4, 0.5) is 0 Å². The van der Waals surface area contributed by atoms with Crippen LogP contribution in [0.3, 0.4) is 0 Å². The number of aliphatic carboxylic acids is 1. The molecule has 0 radical (unpaired) electrons. The zero-order chi connectivity index (χ0) is 24.1. The monoisotopic (exact) mass is 474 g/mol. The second-order valence-electron chi connectivity index (χ2n) is 10.1. The van der Waals surface area contributed by atoms with Crippen LogP contribution >= 0.6 is 0 Å². The van der Waals surface area contributed by atoms with E-state index >= 15 is 0 Å². The molecule has 182 valence electrons. The molecule has 0 fully saturated rings. The van der Waals surface area contributed by atoms with Crippen LogP contribution in [0.15, 0.2) is 23.8 Å². The predicted molar refractivity (Wildman–Crippen MR) is 118 cm³/mol. The minimum atomic E-state index is -1.34. The molecule has 0 heterocycles. The van der Waals surface area contributed by atoms with Gasteiger partial charge in [0.05, 0.1) is 17.6 Å². The third-order valence-electron chi connectivity index (χ3n) is 7.19. The predicted octanol–water partition coefficient (Wildman–Crippen LogP) is -1.25. The van der Waals surface area contributed by atoms with Crippen molar-refractivity contribution in [2.75, 3.05) is 6.61 Å². The number of hydrogen-bond acceptors (Lipinski definition) is 7. The normalized spacial score (nSPS) is 28.7. The Bertz CT molecular complexity index is 718. The molecular weight excluding hydrogens is 435 g/mol. The van der Waals surface area contributed by atoms with Gasteiger partial charge in [0.15, 0.2) is 0 Å². The molecule has 1 unspecified atom stereocenters. The van der Waals surface area contributed by atoms with Gasteiger partial charge in [-0.2, -0.15) is 0 Å². The number of allylic oxidation sites excluding steroid dienone is 2. The van der Waals surface area contributed by atoms with Crippen LogP contribution in [0.1, 0.15) is 66.2 Å². The number of aliphatic hydroxyl groups is 3. The first-order valence-electron chi connectivity index (χ1n) is 11.8. The van der Waals surface area contributed by atoms with Crippen LogP contribution in [0.25, 0.3) is 0 Å². The minimum absolute atomic E-state index is 0. The summed E-state index contributed by atoms with van der Waals surface area (Å²) in [5, 5.41) is 40.5. The fraction of sp³-hybridized carbons (Fsp3) is 0.760. The van der Waals surface area contributed by atoms with Crippen molar-refractivity contribution in [2.45, 2.75) is 84.5 Å². The van der Waals surface area contributed by atoms with Crippen molar-refractivity contribution in [3.8, 4) is 0 Å². The molecule has 0 saturated heterocycles. The molecule has 0 spiro atoms. The van der Waals surface area contributed by atoms with E-state index in [0.717, 1.165) is 5.57 Å². The molecule has 33 heavy (non-hydrogen) atoms. The molecule has 3 N–H and O–H groups in total. The maximum atomic E-state index is 12.9. The minimum Gasteiger partial charge on any atom is -0.550 e. The SMILES string of the molecule is CCC(C)(C)C(=O)O[C@H]1CC(CO)C=C2C=C[C@H](C)[C@H](CC[C@@H](O)C[C@@H](O)CC(=O)[O-])[C@@H]21.[Na+]. The molecule has 2 aliphatic rings. The summed E-state index contributed by atoms with van der Waals surface area (Å²) in [5.41, 5.74) is 0.462. The smallest absolute Gasteiger partial charge is 0.550 e. The van der Waals surface area contributed by atoms with Crippen LogP contribution < -0.4 is 34.7 Å². The molecule has 0 bridgehead atoms. The molecule has 0 aliphatic heterocycles. The number of carboxylic acid groups (broad SMARTS) is 1. The average Bonchev–Trinajstić information content (AvgIpc) is 2.72. The van der Waals surface area contributed by atoms with E-state index in [-0.39, 0.29) is 78.3 Å². The van der Waals surface area contributed by atoms with Crippen LogP contribution in [-0.2, 0) is 14.3 Å². The Labute approximate surface area is 219 Å². The van der Waals surface area contributed by atoms with E-state index in [1.54, 1.807) is 0 Å². The molecule has 7 atom stereocenters. The van der Waals surface area contributed by atoms with Gasteiger partial charge in [0.1, 0.15) is 6.10 Å². The van der Waals surface area contributed by atoms with Gasteiger partial charge in [0.2, 0.25) is 0 Å². The van der Waals surface area contributed by atoms with Crippen LogP contribution in [-0.4, -0.2) is 52.2 Å². The van der Waals surface area contributed by atoms with Crippen molar-refractivity contribution in [3.05, 3.63) is 23.8 Å². The Balaban J connectivity index is 0.00000544. The summed E-state index contributed by atoms with van der Waals surface area (Å²) in [6.07, 6.45) is 5.65. The number of esters is 1. The van der Waals surface area contributed by atoms with E-state index in [1.165, 1.54) is 0 Å². The fourth-order valence-corrected chi connectivity index (χ4v) is 4.76. The molecule has 0 aromatic carbocycles. The standard InChI is InChI=1S/C25H40O7.Na/c1-5-25(3,4)24(31)32-21-11-16(14-26)10-17-7-6-15(2)20(23(17)21)9-8-18(27)12-19(28)13-22(29)30;/h6-7,10,15-16,18-21,23,26-28H,5,8-9,11-14H2,1-4H3,(H,29,30);/q;+1/p-1/t15-,16?,18+,19+,20-,21-,23+;/m0./s1. The first-order chi connectivity index (χ1) is 15.0. The maximum Gasteiger partial charge on any atom is 1.00 e. The second-order valence-corrected chi connectivity index (χ2v) is 10.1. The molecule has 2 aliphatic carbocycles. The Morgan fingerprint density at radius 2 is 1.94 bits per heavy atom. The van der Waals surface area contributed by atoms with Crippen molar-refractivity contribution < 1.29 is 64.3 Å². The molecular formula is C25H39NaO7. The first kappa shape index (κ1) is 30.3. The van der Waals surface area contributed by atoms with Crippen LogP contribution in [0, 0.1) is 29.1 Å². The molecule has 0 aromatic rings. The second kappa shape index (κ2) is 13.4. The number of fused-ring (bicyclic) bond motifs is 1. The van der Waals surface area contributed by atoms with E-state index < -0.39 is 30.0 Å². The van der Waals surface area contributed by atoms with Crippen molar-refractivity contribution in [3.63, 3.8) is 0 Å². The summed E-state index contributed by atoms with van der Waals surface area (Å²) in [6, 6.07) is 0. The van der Waals surface area contributed by atoms with E-state index in [4.69, 9.17) is 4.74 Å². The van der Waals surface area contributed by atoms with Crippen molar-refractivity contribution in [2.24, 2.45) is 29.1 Å². The molecule has 0 saturated carbocycles. The number of carboxylic acids is 1. The Kier molecular flexibility index (Phi) is 12.3. The van der Waals surface area contributed by atoms with E-state index in [0.29, 0.717) is 25.7 Å². The third-order valence-corrected chi connectivity index (χ3v) is 7.19. The third kappa shape index (κ3) is 8.48. The van der Waals surface area contributed by atoms with Gasteiger partial charge in [-0.25, -0.2) is 0 Å². The van der Waals surface area contributed by atoms with E-state index in [9.17, 15) is 30.0 Å². The van der Waals surface area contributed by atoms with Gasteiger partial charge < -0.3 is 30.0 Å². The number of aliphatic hydroxyl groups excluding tert-OH is 3. The van der Waals surface area contributed by atoms with Gasteiger partial charge >= 0.3 is 35.5 Å². The number of carbonyl (C=O) groups excluding carboxylic acids is 2. The van der Waals surface area contributed by atoms with Crippen molar-refractivity contribution in [1.29, 1.82) is 0 Å². The van der Waals surface area contributed by atoms with Gasteiger partial charge in [-0.1, -0.05) is 32.1 Å². The largest absolute Gasteiger partial charge is 1.00 e. The summed E-state index contributed by atoms with van der Waals surface area (Å²) in [7, 11) is 0. The Hall–Kier alpha value is -0.700. The van der Waals surface area contributed by atoms with Crippen LogP contribution in [0.2, 0.25) is 0 Å². The number of hydrogen-bond donors (Lipinski definition) is 3. The van der Waals surface area contributed by atoms with Crippen molar-refractivity contribution in [1.82, 2.24) is 0 Å². The zero-order valence-corrected chi connectivity index (χ0v) is 22.7. The molecule has 0 amide bonds. The van der Waals surface area contributed by atoms with Gasteiger partial charge in [-0.05, 0) is 63.4 Å². The van der Waals surface area contributed by atoms with Gasteiger partial charge in [-0.3, -0.25) is 4.79 Å². The van der Waals surface area contributed by atoms with Gasteiger partial charge in [0.25, 0.3) is 0 Å². The van der Waals surface area contributed by atoms with Gasteiger partial charge in [0, 0.05) is 30.8 Å². The van der Waals surface area contributed by atoms with Crippen LogP contribution in [0.5, 0.6) is 0 Å². The van der Waals surface area contributed by atoms with E-state index in [2.05, 4.69) is 25.2 Å². The summed E-state index contributed by atoms with van der Waals surface area (Å²) >= 11 is 0. The number of carbonyl (C=O) groups is 2. The summed E-state index contributed by atoms with van der Waals surface area (Å²) in [5.74, 6) is -1.38. The average molecular weight is 475 g/mol. The molecule has 8 heteroatoms. The molecule has 0 aromatic heterocycles. The topological polar surface area (TPSA) is 127 Å². The number of rotatable bonds is 11. The van der Waals surface area contributed by atoms with Gasteiger partial charge in [-0.15, -0.1) is 0 Å². The summed E-state index contributed by atoms with van der Waals surface area (Å²) in [6.45, 7) is 7.78. The Morgan fingerprint density at radius 3 is 2.52 bits per heavy atom. The molecule has 7 nitrogen and oxygen atoms in total. The summed E-state index contributed by atoms with van der Waals surface area (Å²) in [4.78, 5) is 23.5. The summed E-state index contributed by atoms with van der Waals surface area (Å²) < 4.78 is 6.04. The van der Waals surface area contributed by atoms with E-state index in [1.807, 2.05) is 20.8 Å². The Morgan fingerprint density at radius 1 is 1.27 bits per heavy atom. The van der Waals surface area contributed by atoms with Crippen molar-refractivity contribution >= 4 is 11.9 Å². The maximum absolute atomic E-state index is 12.9. The first-order valence-corrected chi connectivity index (χ1v) is 11.8. The zero-order valence-electron chi connectivity index (χ0n) is 20.7. The quantitative estimate of drug-likeness (QED) is 0.252. The fourth-order valence-electron chi connectivity index (χ4n) is 4.76. The number of ether oxygens (including phenoxy) is 1. The molecule has 2 rings (SSSR count).